The highest BCUT2D eigenvalue weighted by Gasteiger charge is 2.11. The van der Waals surface area contributed by atoms with Crippen LogP contribution < -0.4 is 15.4 Å². The van der Waals surface area contributed by atoms with E-state index in [2.05, 4.69) is 60.2 Å². The maximum absolute atomic E-state index is 12.8. The van der Waals surface area contributed by atoms with Crippen molar-refractivity contribution < 1.29 is 14.0 Å². The van der Waals surface area contributed by atoms with Crippen LogP contribution in [0.25, 0.3) is 0 Å². The van der Waals surface area contributed by atoms with E-state index in [1.807, 2.05) is 38.1 Å². The number of anilines is 1. The van der Waals surface area contributed by atoms with E-state index < -0.39 is 17.6 Å². The Bertz CT molecular complexity index is 1020. The molecular weight excluding hydrogens is 463 g/mol. The fourth-order valence-electron chi connectivity index (χ4n) is 2.31. The van der Waals surface area contributed by atoms with Crippen LogP contribution in [0.4, 0.5) is 10.2 Å². The molecule has 0 saturated heterocycles. The highest BCUT2D eigenvalue weighted by molar-refractivity contribution is 7.97. The number of pyridine rings is 1. The van der Waals surface area contributed by atoms with Crippen LogP contribution in [0.1, 0.15) is 50.5 Å². The van der Waals surface area contributed by atoms with Gasteiger partial charge in [0, 0.05) is 22.2 Å². The predicted octanol–water partition coefficient (Wildman–Crippen LogP) is 6.01. The van der Waals surface area contributed by atoms with Crippen molar-refractivity contribution in [2.45, 2.75) is 52.0 Å². The minimum Gasteiger partial charge on any atom is -0.343 e. The first-order chi connectivity index (χ1) is 16.6. The second-order valence-corrected chi connectivity index (χ2v) is 9.11. The average Bonchev–Trinajstić information content (AvgIpc) is 2.84. The average molecular weight is 499 g/mol. The van der Waals surface area contributed by atoms with Crippen LogP contribution in [0.2, 0.25) is 0 Å². The van der Waals surface area contributed by atoms with Crippen molar-refractivity contribution in [1.29, 1.82) is 0 Å². The molecule has 0 fully saturated rings. The number of amides is 2. The lowest BCUT2D eigenvalue weighted by molar-refractivity contribution is -0.115. The molecule has 3 aromatic rings. The molecule has 1 aromatic heterocycles. The Kier molecular flexibility index (Phi) is 13.3. The van der Waals surface area contributed by atoms with Crippen molar-refractivity contribution in [2.24, 2.45) is 0 Å². The lowest BCUT2D eigenvalue weighted by Gasteiger charge is -2.19. The summed E-state index contributed by atoms with van der Waals surface area (Å²) in [5.41, 5.74) is 1.58. The summed E-state index contributed by atoms with van der Waals surface area (Å²) < 4.78 is 16.1. The van der Waals surface area contributed by atoms with Crippen LogP contribution in [-0.4, -0.2) is 28.9 Å². The van der Waals surface area contributed by atoms with Gasteiger partial charge in [0.2, 0.25) is 5.91 Å². The summed E-state index contributed by atoms with van der Waals surface area (Å²) in [7, 11) is 0. The Morgan fingerprint density at radius 3 is 2.06 bits per heavy atom. The molecule has 0 atom stereocenters. The summed E-state index contributed by atoms with van der Waals surface area (Å²) in [5.74, 6) is -0.884. The van der Waals surface area contributed by atoms with Crippen LogP contribution in [0, 0.1) is 12.7 Å². The number of nitrogens with one attached hydrogen (secondary N) is 3. The third-order valence-corrected chi connectivity index (χ3v) is 5.13. The summed E-state index contributed by atoms with van der Waals surface area (Å²) in [6.07, 6.45) is 1.65. The molecular formula is C27H35FN4O2S. The van der Waals surface area contributed by atoms with Gasteiger partial charge in [0.25, 0.3) is 5.91 Å². The third-order valence-electron chi connectivity index (χ3n) is 3.94. The molecule has 188 valence electrons. The highest BCUT2D eigenvalue weighted by Crippen LogP contribution is 2.18. The number of aromatic nitrogens is 1. The van der Waals surface area contributed by atoms with Gasteiger partial charge in [-0.05, 0) is 76.0 Å². The summed E-state index contributed by atoms with van der Waals surface area (Å²) in [6, 6.07) is 18.9. The first-order valence-corrected chi connectivity index (χ1v) is 12.2. The molecule has 0 aliphatic carbocycles. The van der Waals surface area contributed by atoms with E-state index in [1.165, 1.54) is 41.8 Å². The minimum atomic E-state index is -0.451. The van der Waals surface area contributed by atoms with Gasteiger partial charge in [-0.15, -0.1) is 0 Å². The van der Waals surface area contributed by atoms with Gasteiger partial charge < -0.3 is 10.6 Å². The molecule has 6 nitrogen and oxygen atoms in total. The molecule has 0 unspecified atom stereocenters. The number of benzene rings is 2. The number of nitrogens with zero attached hydrogens (tertiary/aromatic N) is 1. The van der Waals surface area contributed by atoms with Crippen molar-refractivity contribution in [3.63, 3.8) is 0 Å². The standard InChI is InChI=1S/C18H21FN4O2S.C7H8.C2H6/c1-18(2,3)23-26-14-8-9-15(20-10-14)22-16(24)11-21-17(25)12-4-6-13(19)7-5-12;1-7-5-3-2-4-6-7;1-2/h4-10,23H,11H2,1-3H3,(H,21,25)(H,20,22,24);2-6H,1H3;1-2H3. The van der Waals surface area contributed by atoms with Gasteiger partial charge in [0.05, 0.1) is 6.54 Å². The van der Waals surface area contributed by atoms with E-state index >= 15 is 0 Å². The Morgan fingerprint density at radius 2 is 1.57 bits per heavy atom. The number of carbonyl (C=O) groups is 2. The molecule has 1 heterocycles. The zero-order chi connectivity index (χ0) is 26.3. The first-order valence-electron chi connectivity index (χ1n) is 11.4. The van der Waals surface area contributed by atoms with Gasteiger partial charge in [-0.1, -0.05) is 49.7 Å². The van der Waals surface area contributed by atoms with Gasteiger partial charge in [0.1, 0.15) is 11.6 Å². The minimum absolute atomic E-state index is 0.0275. The SMILES string of the molecule is CC.CC(C)(C)NSc1ccc(NC(=O)CNC(=O)c2ccc(F)cc2)nc1.Cc1ccccc1. The van der Waals surface area contributed by atoms with Crippen LogP contribution in [0.3, 0.4) is 0 Å². The molecule has 2 aromatic carbocycles. The van der Waals surface area contributed by atoms with Gasteiger partial charge in [-0.2, -0.15) is 0 Å². The quantitative estimate of drug-likeness (QED) is 0.363. The number of halogens is 1. The van der Waals surface area contributed by atoms with Crippen LogP contribution in [0.15, 0.2) is 77.8 Å². The predicted molar refractivity (Wildman–Crippen MR) is 143 cm³/mol. The van der Waals surface area contributed by atoms with E-state index in [0.29, 0.717) is 5.82 Å². The molecule has 3 N–H and O–H groups in total. The Morgan fingerprint density at radius 1 is 0.943 bits per heavy atom. The number of hydrogen-bond acceptors (Lipinski definition) is 5. The molecule has 0 radical (unpaired) electrons. The molecule has 2 amide bonds. The van der Waals surface area contributed by atoms with E-state index in [4.69, 9.17) is 0 Å². The second kappa shape index (κ2) is 15.6. The molecule has 0 saturated carbocycles. The summed E-state index contributed by atoms with van der Waals surface area (Å²) in [5, 5.41) is 5.07. The van der Waals surface area contributed by atoms with Crippen molar-refractivity contribution in [3.8, 4) is 0 Å². The molecule has 0 aliphatic rings. The molecule has 0 bridgehead atoms. The number of carbonyl (C=O) groups excluding carboxylic acids is 2. The summed E-state index contributed by atoms with van der Waals surface area (Å²) in [4.78, 5) is 28.9. The lowest BCUT2D eigenvalue weighted by atomic mass is 10.1. The molecule has 0 aliphatic heterocycles. The van der Waals surface area contributed by atoms with E-state index in [0.717, 1.165) is 4.90 Å². The van der Waals surface area contributed by atoms with Crippen LogP contribution >= 0.6 is 11.9 Å². The Labute approximate surface area is 212 Å². The summed E-state index contributed by atoms with van der Waals surface area (Å²) >= 11 is 1.46. The van der Waals surface area contributed by atoms with Crippen molar-refractivity contribution >= 4 is 29.6 Å². The smallest absolute Gasteiger partial charge is 0.251 e. The maximum atomic E-state index is 12.8. The van der Waals surface area contributed by atoms with Crippen LogP contribution in [-0.2, 0) is 4.79 Å². The molecule has 0 spiro atoms. The van der Waals surface area contributed by atoms with Crippen molar-refractivity contribution in [2.75, 3.05) is 11.9 Å². The van der Waals surface area contributed by atoms with Gasteiger partial charge in [-0.25, -0.2) is 9.37 Å². The Hall–Kier alpha value is -3.23. The zero-order valence-electron chi connectivity index (χ0n) is 21.2. The normalized spacial score (nSPS) is 10.1. The zero-order valence-corrected chi connectivity index (χ0v) is 22.0. The fraction of sp³-hybridized carbons (Fsp3) is 0.296. The maximum Gasteiger partial charge on any atom is 0.251 e. The first kappa shape index (κ1) is 29.8. The number of rotatable bonds is 6. The van der Waals surface area contributed by atoms with Gasteiger partial charge in [-0.3, -0.25) is 14.3 Å². The third kappa shape index (κ3) is 13.3. The van der Waals surface area contributed by atoms with Crippen molar-refractivity contribution in [1.82, 2.24) is 15.0 Å². The van der Waals surface area contributed by atoms with E-state index in [-0.39, 0.29) is 17.6 Å². The lowest BCUT2D eigenvalue weighted by Crippen LogP contribution is -2.33. The summed E-state index contributed by atoms with van der Waals surface area (Å²) in [6.45, 7) is 12.0. The molecule has 35 heavy (non-hydrogen) atoms. The Balaban J connectivity index is 0.000000574. The largest absolute Gasteiger partial charge is 0.343 e. The van der Waals surface area contributed by atoms with E-state index in [1.54, 1.807) is 12.3 Å². The van der Waals surface area contributed by atoms with Crippen LogP contribution in [0.5, 0.6) is 0 Å². The highest BCUT2D eigenvalue weighted by atomic mass is 32.2. The van der Waals surface area contributed by atoms with Gasteiger partial charge in [0.15, 0.2) is 0 Å². The topological polar surface area (TPSA) is 83.1 Å². The molecule has 3 rings (SSSR count). The van der Waals surface area contributed by atoms with E-state index in [9.17, 15) is 14.0 Å². The molecule has 8 heteroatoms. The number of aryl methyl sites for hydroxylation is 1. The fourth-order valence-corrected chi connectivity index (χ4v) is 2.98. The monoisotopic (exact) mass is 498 g/mol. The van der Waals surface area contributed by atoms with Crippen molar-refractivity contribution in [3.05, 3.63) is 89.9 Å². The van der Waals surface area contributed by atoms with Gasteiger partial charge >= 0.3 is 0 Å². The second-order valence-electron chi connectivity index (χ2n) is 8.23. The number of hydrogen-bond donors (Lipinski definition) is 3.